The van der Waals surface area contributed by atoms with Gasteiger partial charge in [-0.2, -0.15) is 4.31 Å². The van der Waals surface area contributed by atoms with Crippen LogP contribution in [0.4, 0.5) is 0 Å². The highest BCUT2D eigenvalue weighted by Crippen LogP contribution is 2.61. The van der Waals surface area contributed by atoms with E-state index in [-0.39, 0.29) is 24.2 Å². The summed E-state index contributed by atoms with van der Waals surface area (Å²) in [6.45, 7) is 8.17. The number of sulfonamides is 1. The van der Waals surface area contributed by atoms with Gasteiger partial charge in [0.25, 0.3) is 0 Å². The summed E-state index contributed by atoms with van der Waals surface area (Å²) >= 11 is 6.09. The number of carbonyl (C=O) groups excluding carboxylic acids is 1. The molecule has 0 aromatic heterocycles. The summed E-state index contributed by atoms with van der Waals surface area (Å²) in [5, 5.41) is 4.04. The minimum Gasteiger partial charge on any atom is -0.352 e. The first kappa shape index (κ1) is 31.5. The molecule has 6 atom stereocenters. The number of halogens is 1. The number of rotatable bonds is 11. The van der Waals surface area contributed by atoms with Crippen LogP contribution in [0.15, 0.2) is 48.5 Å². The monoisotopic (exact) mass is 613 g/mol. The summed E-state index contributed by atoms with van der Waals surface area (Å²) in [5.41, 5.74) is 3.76. The Bertz CT molecular complexity index is 1360. The van der Waals surface area contributed by atoms with Crippen LogP contribution in [-0.4, -0.2) is 62.0 Å². The Balaban J connectivity index is 1.22. The molecular formula is C34H48ClN3O3S. The maximum absolute atomic E-state index is 13.5. The van der Waals surface area contributed by atoms with Gasteiger partial charge in [-0.3, -0.25) is 4.79 Å². The summed E-state index contributed by atoms with van der Waals surface area (Å²) in [4.78, 5) is 15.7. The summed E-state index contributed by atoms with van der Waals surface area (Å²) in [6, 6.07) is 15.8. The van der Waals surface area contributed by atoms with Crippen molar-refractivity contribution in [1.29, 1.82) is 0 Å². The van der Waals surface area contributed by atoms with Crippen molar-refractivity contribution >= 4 is 27.5 Å². The lowest BCUT2D eigenvalue weighted by Gasteiger charge is -2.62. The van der Waals surface area contributed by atoms with Crippen molar-refractivity contribution in [2.75, 3.05) is 26.4 Å². The number of carbonyl (C=O) groups is 1. The average Bonchev–Trinajstić information content (AvgIpc) is 3.23. The minimum absolute atomic E-state index is 0.0280. The number of benzene rings is 2. The van der Waals surface area contributed by atoms with Crippen LogP contribution in [0.1, 0.15) is 63.1 Å². The van der Waals surface area contributed by atoms with E-state index in [1.165, 1.54) is 21.9 Å². The van der Waals surface area contributed by atoms with Gasteiger partial charge in [-0.15, -0.1) is 0 Å². The third-order valence-corrected chi connectivity index (χ3v) is 12.7. The van der Waals surface area contributed by atoms with E-state index in [9.17, 15) is 13.2 Å². The van der Waals surface area contributed by atoms with Gasteiger partial charge in [0.05, 0.1) is 5.75 Å². The molecular weight excluding hydrogens is 566 g/mol. The molecule has 6 rings (SSSR count). The Kier molecular flexibility index (Phi) is 9.44. The second-order valence-electron chi connectivity index (χ2n) is 14.1. The average molecular weight is 614 g/mol. The summed E-state index contributed by atoms with van der Waals surface area (Å²) in [6.07, 6.45) is 5.51. The zero-order chi connectivity index (χ0) is 30.2. The molecule has 4 aliphatic rings. The second-order valence-corrected chi connectivity index (χ2v) is 16.5. The molecule has 1 amide bonds. The van der Waals surface area contributed by atoms with E-state index in [0.717, 1.165) is 42.8 Å². The van der Waals surface area contributed by atoms with E-state index in [0.29, 0.717) is 35.5 Å². The highest BCUT2D eigenvalue weighted by atomic mass is 35.5. The molecule has 1 aliphatic heterocycles. The zero-order valence-corrected chi connectivity index (χ0v) is 27.4. The van der Waals surface area contributed by atoms with Gasteiger partial charge < -0.3 is 10.2 Å². The van der Waals surface area contributed by atoms with Crippen LogP contribution >= 0.6 is 11.6 Å². The van der Waals surface area contributed by atoms with Crippen LogP contribution in [0.3, 0.4) is 0 Å². The third kappa shape index (κ3) is 6.90. The molecule has 1 unspecified atom stereocenters. The second kappa shape index (κ2) is 12.6. The lowest BCUT2D eigenvalue weighted by molar-refractivity contribution is -0.136. The van der Waals surface area contributed by atoms with Crippen molar-refractivity contribution in [1.82, 2.24) is 14.5 Å². The molecule has 2 aromatic rings. The number of hydrogen-bond acceptors (Lipinski definition) is 4. The highest BCUT2D eigenvalue weighted by Gasteiger charge is 2.56. The van der Waals surface area contributed by atoms with Crippen LogP contribution in [0.25, 0.3) is 0 Å². The first-order valence-electron chi connectivity index (χ1n) is 15.6. The summed E-state index contributed by atoms with van der Waals surface area (Å²) < 4.78 is 27.7. The number of aryl methyl sites for hydroxylation is 1. The highest BCUT2D eigenvalue weighted by molar-refractivity contribution is 7.89. The quantitative estimate of drug-likeness (QED) is 0.349. The molecule has 3 aliphatic carbocycles. The van der Waals surface area contributed by atoms with Gasteiger partial charge in [0.1, 0.15) is 6.04 Å². The van der Waals surface area contributed by atoms with Crippen LogP contribution < -0.4 is 5.32 Å². The van der Waals surface area contributed by atoms with Crippen molar-refractivity contribution < 1.29 is 13.2 Å². The SMILES string of the molecule is C[C@@H]1[C@@H](NC(=O)C2CCS(=O)(=O)N2Cc2cccc(CC[C@@H](Cc3ccc(Cl)cc3)CN(C)C)c2)C[C@@H]2C[C@H]1C2(C)C. The van der Waals surface area contributed by atoms with Crippen molar-refractivity contribution in [2.45, 2.75) is 77.9 Å². The van der Waals surface area contributed by atoms with Crippen LogP contribution in [0, 0.1) is 29.1 Å². The molecule has 3 saturated carbocycles. The van der Waals surface area contributed by atoms with Gasteiger partial charge in [0, 0.05) is 24.2 Å². The Morgan fingerprint density at radius 3 is 2.48 bits per heavy atom. The number of nitrogens with one attached hydrogen (secondary N) is 1. The fraction of sp³-hybridized carbons (Fsp3) is 0.618. The summed E-state index contributed by atoms with van der Waals surface area (Å²) in [5.74, 6) is 2.05. The maximum atomic E-state index is 13.5. The lowest BCUT2D eigenvalue weighted by atomic mass is 9.45. The normalized spacial score (nSPS) is 28.8. The van der Waals surface area contributed by atoms with Crippen molar-refractivity contribution in [3.8, 4) is 0 Å². The van der Waals surface area contributed by atoms with Crippen LogP contribution in [0.2, 0.25) is 5.02 Å². The molecule has 1 heterocycles. The number of amides is 1. The van der Waals surface area contributed by atoms with Gasteiger partial charge in [0.2, 0.25) is 15.9 Å². The molecule has 6 nitrogen and oxygen atoms in total. The molecule has 8 heteroatoms. The Morgan fingerprint density at radius 1 is 1.10 bits per heavy atom. The predicted molar refractivity (Wildman–Crippen MR) is 171 cm³/mol. The standard InChI is InChI=1S/C34H48ClN3O3S/c1-23-30-19-28(34(30,2)3)20-31(23)36-33(39)32-15-16-42(40,41)38(32)22-26-8-6-7-24(17-26)9-10-27(21-37(4)5)18-25-11-13-29(35)14-12-25/h6-8,11-14,17,23,27-28,30-32H,9-10,15-16,18-22H2,1-5H3,(H,36,39)/t23-,27-,28-,30+,31-,32?/m0/s1. The molecule has 1 N–H and O–H groups in total. The van der Waals surface area contributed by atoms with Gasteiger partial charge in [0.15, 0.2) is 0 Å². The molecule has 4 fully saturated rings. The van der Waals surface area contributed by atoms with E-state index < -0.39 is 16.1 Å². The van der Waals surface area contributed by atoms with E-state index >= 15 is 0 Å². The van der Waals surface area contributed by atoms with Crippen molar-refractivity contribution in [3.05, 3.63) is 70.2 Å². The van der Waals surface area contributed by atoms with Crippen molar-refractivity contribution in [3.63, 3.8) is 0 Å². The molecule has 230 valence electrons. The third-order valence-electron chi connectivity index (χ3n) is 10.6. The van der Waals surface area contributed by atoms with Gasteiger partial charge >= 0.3 is 0 Å². The first-order valence-corrected chi connectivity index (χ1v) is 17.6. The Hall–Kier alpha value is -1.93. The minimum atomic E-state index is -3.49. The summed E-state index contributed by atoms with van der Waals surface area (Å²) in [7, 11) is 0.730. The Labute approximate surface area is 258 Å². The van der Waals surface area contributed by atoms with Crippen molar-refractivity contribution in [2.24, 2.45) is 29.1 Å². The Morgan fingerprint density at radius 2 is 1.81 bits per heavy atom. The predicted octanol–water partition coefficient (Wildman–Crippen LogP) is 5.78. The van der Waals surface area contributed by atoms with E-state index in [1.807, 2.05) is 24.3 Å². The molecule has 0 radical (unpaired) electrons. The fourth-order valence-corrected chi connectivity index (χ4v) is 9.78. The molecule has 42 heavy (non-hydrogen) atoms. The molecule has 1 saturated heterocycles. The molecule has 2 aromatic carbocycles. The number of hydrogen-bond donors (Lipinski definition) is 1. The largest absolute Gasteiger partial charge is 0.352 e. The number of nitrogens with zero attached hydrogens (tertiary/aromatic N) is 2. The molecule has 2 bridgehead atoms. The van der Waals surface area contributed by atoms with Crippen LogP contribution in [0.5, 0.6) is 0 Å². The fourth-order valence-electron chi connectivity index (χ4n) is 7.97. The number of fused-ring (bicyclic) bond motifs is 2. The van der Waals surface area contributed by atoms with E-state index in [1.54, 1.807) is 0 Å². The molecule has 0 spiro atoms. The van der Waals surface area contributed by atoms with Crippen LogP contribution in [-0.2, 0) is 34.2 Å². The zero-order valence-electron chi connectivity index (χ0n) is 25.9. The lowest BCUT2D eigenvalue weighted by Crippen LogP contribution is -2.61. The first-order chi connectivity index (χ1) is 19.8. The van der Waals surface area contributed by atoms with Gasteiger partial charge in [-0.25, -0.2) is 8.42 Å². The van der Waals surface area contributed by atoms with E-state index in [4.69, 9.17) is 11.6 Å². The topological polar surface area (TPSA) is 69.7 Å². The van der Waals surface area contributed by atoms with Gasteiger partial charge in [-0.05, 0) is 111 Å². The van der Waals surface area contributed by atoms with E-state index in [2.05, 4.69) is 69.3 Å². The maximum Gasteiger partial charge on any atom is 0.238 e. The smallest absolute Gasteiger partial charge is 0.238 e. The van der Waals surface area contributed by atoms with Gasteiger partial charge in [-0.1, -0.05) is 68.8 Å².